The number of para-hydroxylation sites is 2. The number of benzene rings is 3. The quantitative estimate of drug-likeness (QED) is 0.276. The van der Waals surface area contributed by atoms with Crippen LogP contribution in [0.2, 0.25) is 5.02 Å². The Kier molecular flexibility index (Phi) is 5.74. The first-order valence-corrected chi connectivity index (χ1v) is 9.83. The van der Waals surface area contributed by atoms with Crippen molar-refractivity contribution in [2.75, 3.05) is 5.32 Å². The third kappa shape index (κ3) is 4.17. The molecule has 5 nitrogen and oxygen atoms in total. The predicted molar refractivity (Wildman–Crippen MR) is 121 cm³/mol. The molecule has 1 heterocycles. The summed E-state index contributed by atoms with van der Waals surface area (Å²) in [6.07, 6.45) is 0. The topological polar surface area (TPSA) is 61.9 Å². The zero-order chi connectivity index (χ0) is 21.1. The third-order valence-corrected chi connectivity index (χ3v) is 4.96. The van der Waals surface area contributed by atoms with Crippen LogP contribution < -0.4 is 5.32 Å². The van der Waals surface area contributed by atoms with E-state index in [1.807, 2.05) is 36.4 Å². The van der Waals surface area contributed by atoms with E-state index >= 15 is 0 Å². The van der Waals surface area contributed by atoms with Crippen LogP contribution in [0, 0.1) is 5.82 Å². The Bertz CT molecular complexity index is 1250. The molecule has 150 valence electrons. The molecule has 0 aliphatic heterocycles. The molecule has 3 aromatic carbocycles. The van der Waals surface area contributed by atoms with Crippen LogP contribution in [0.15, 0.2) is 83.0 Å². The fourth-order valence-corrected chi connectivity index (χ4v) is 3.38. The Morgan fingerprint density at radius 2 is 1.73 bits per heavy atom. The summed E-state index contributed by atoms with van der Waals surface area (Å²) in [5.41, 5.74) is 2.26. The minimum absolute atomic E-state index is 0.0194. The maximum absolute atomic E-state index is 13.8. The normalized spacial score (nSPS) is 11.3. The monoisotopic (exact) mass is 438 g/mol. The Labute approximate surface area is 182 Å². The highest BCUT2D eigenvalue weighted by atomic mass is 35.5. The van der Waals surface area contributed by atoms with Crippen molar-refractivity contribution in [1.29, 1.82) is 0 Å². The van der Waals surface area contributed by atoms with Crippen LogP contribution in [0.4, 0.5) is 15.8 Å². The molecule has 0 unspecified atom stereocenters. The molecule has 0 saturated carbocycles. The van der Waals surface area contributed by atoms with Gasteiger partial charge in [0, 0.05) is 10.4 Å². The molecule has 0 radical (unpaired) electrons. The zero-order valence-electron chi connectivity index (χ0n) is 15.6. The first kappa shape index (κ1) is 20.0. The smallest absolute Gasteiger partial charge is 0.221 e. The van der Waals surface area contributed by atoms with Crippen molar-refractivity contribution >= 4 is 51.2 Å². The van der Waals surface area contributed by atoms with Crippen LogP contribution in [-0.2, 0) is 6.54 Å². The number of halogens is 2. The molecule has 0 aliphatic rings. The van der Waals surface area contributed by atoms with E-state index in [2.05, 4.69) is 15.5 Å². The molecule has 4 aromatic rings. The molecule has 30 heavy (non-hydrogen) atoms. The predicted octanol–water partition coefficient (Wildman–Crippen LogP) is 6.67. The van der Waals surface area contributed by atoms with Gasteiger partial charge in [-0.05, 0) is 48.1 Å². The maximum Gasteiger partial charge on any atom is 0.221 e. The highest BCUT2D eigenvalue weighted by Crippen LogP contribution is 2.39. The Morgan fingerprint density at radius 3 is 2.50 bits per heavy atom. The number of thiocarbonyl (C=S) groups is 1. The average molecular weight is 439 g/mol. The maximum atomic E-state index is 13.8. The minimum atomic E-state index is -0.447. The Balaban J connectivity index is 1.65. The van der Waals surface area contributed by atoms with Crippen LogP contribution >= 0.6 is 23.8 Å². The summed E-state index contributed by atoms with van der Waals surface area (Å²) in [6, 6.07) is 21.0. The summed E-state index contributed by atoms with van der Waals surface area (Å²) in [4.78, 5) is 0. The molecule has 0 spiro atoms. The van der Waals surface area contributed by atoms with Gasteiger partial charge in [-0.2, -0.15) is 0 Å². The van der Waals surface area contributed by atoms with E-state index in [-0.39, 0.29) is 22.4 Å². The van der Waals surface area contributed by atoms with E-state index in [0.29, 0.717) is 11.6 Å². The molecule has 0 amide bonds. The molecule has 2 N–H and O–H groups in total. The van der Waals surface area contributed by atoms with E-state index in [1.165, 1.54) is 6.07 Å². The SMILES string of the molecule is Oc1c(N=NC(=S)Nc2ccccc2F)c2ccccc2n1Cc1ccc(Cl)cc1. The largest absolute Gasteiger partial charge is 0.493 e. The molecule has 8 heteroatoms. The summed E-state index contributed by atoms with van der Waals surface area (Å²) in [5.74, 6) is -0.485. The van der Waals surface area contributed by atoms with Crippen molar-refractivity contribution < 1.29 is 9.50 Å². The first-order chi connectivity index (χ1) is 14.5. The van der Waals surface area contributed by atoms with Crippen molar-refractivity contribution in [1.82, 2.24) is 4.57 Å². The van der Waals surface area contributed by atoms with Gasteiger partial charge in [-0.25, -0.2) is 4.39 Å². The van der Waals surface area contributed by atoms with Crippen molar-refractivity contribution in [3.05, 3.63) is 89.2 Å². The number of fused-ring (bicyclic) bond motifs is 1. The van der Waals surface area contributed by atoms with Gasteiger partial charge in [-0.3, -0.25) is 0 Å². The fraction of sp³-hybridized carbons (Fsp3) is 0.0455. The van der Waals surface area contributed by atoms with E-state index < -0.39 is 5.82 Å². The molecule has 4 rings (SSSR count). The van der Waals surface area contributed by atoms with Gasteiger partial charge in [0.25, 0.3) is 0 Å². The van der Waals surface area contributed by atoms with Gasteiger partial charge in [-0.15, -0.1) is 10.2 Å². The summed E-state index contributed by atoms with van der Waals surface area (Å²) in [6.45, 7) is 0.428. The average Bonchev–Trinajstić information content (AvgIpc) is 3.01. The standard InChI is InChI=1S/C22H16ClFN4OS/c23-15-11-9-14(10-12-15)13-28-19-8-4-1-5-16(19)20(21(28)29)26-27-22(30)25-18-7-3-2-6-17(18)24/h1-12,29H,13H2,(H,25,30). The van der Waals surface area contributed by atoms with Gasteiger partial charge in [0.05, 0.1) is 17.7 Å². The number of rotatable bonds is 4. The lowest BCUT2D eigenvalue weighted by Gasteiger charge is -2.07. The second-order valence-corrected chi connectivity index (χ2v) is 7.34. The molecular formula is C22H16ClFN4OS. The third-order valence-electron chi connectivity index (χ3n) is 4.53. The summed E-state index contributed by atoms with van der Waals surface area (Å²) in [7, 11) is 0. The number of aromatic hydroxyl groups is 1. The fourth-order valence-electron chi connectivity index (χ4n) is 3.10. The zero-order valence-corrected chi connectivity index (χ0v) is 17.2. The molecule has 0 aliphatic carbocycles. The van der Waals surface area contributed by atoms with Gasteiger partial charge >= 0.3 is 0 Å². The molecule has 0 bridgehead atoms. The Hall–Kier alpha value is -3.29. The number of aromatic nitrogens is 1. The van der Waals surface area contributed by atoms with Gasteiger partial charge in [0.2, 0.25) is 11.0 Å². The van der Waals surface area contributed by atoms with E-state index in [1.54, 1.807) is 34.9 Å². The molecule has 0 atom stereocenters. The van der Waals surface area contributed by atoms with Crippen molar-refractivity contribution in [2.45, 2.75) is 6.54 Å². The van der Waals surface area contributed by atoms with Crippen LogP contribution in [0.3, 0.4) is 0 Å². The second-order valence-electron chi connectivity index (χ2n) is 6.51. The number of hydrogen-bond donors (Lipinski definition) is 2. The van der Waals surface area contributed by atoms with Crippen LogP contribution in [-0.4, -0.2) is 14.8 Å². The van der Waals surface area contributed by atoms with Crippen molar-refractivity contribution in [3.63, 3.8) is 0 Å². The number of nitrogens with one attached hydrogen (secondary N) is 1. The molecule has 1 aromatic heterocycles. The second kappa shape index (κ2) is 8.61. The Morgan fingerprint density at radius 1 is 1.03 bits per heavy atom. The van der Waals surface area contributed by atoms with Crippen LogP contribution in [0.5, 0.6) is 5.88 Å². The highest BCUT2D eigenvalue weighted by Gasteiger charge is 2.17. The van der Waals surface area contributed by atoms with Crippen LogP contribution in [0.1, 0.15) is 5.56 Å². The number of azo groups is 1. The number of hydrogen-bond acceptors (Lipinski definition) is 3. The lowest BCUT2D eigenvalue weighted by atomic mass is 10.2. The number of anilines is 1. The van der Waals surface area contributed by atoms with Gasteiger partial charge in [0.15, 0.2) is 5.69 Å². The van der Waals surface area contributed by atoms with E-state index in [4.69, 9.17) is 23.8 Å². The van der Waals surface area contributed by atoms with E-state index in [9.17, 15) is 9.50 Å². The van der Waals surface area contributed by atoms with Gasteiger partial charge < -0.3 is 15.0 Å². The lowest BCUT2D eigenvalue weighted by Crippen LogP contribution is -2.06. The lowest BCUT2D eigenvalue weighted by molar-refractivity contribution is 0.429. The van der Waals surface area contributed by atoms with Crippen LogP contribution in [0.25, 0.3) is 10.9 Å². The minimum Gasteiger partial charge on any atom is -0.493 e. The summed E-state index contributed by atoms with van der Waals surface area (Å²) >= 11 is 11.1. The molecular weight excluding hydrogens is 423 g/mol. The molecule has 0 saturated heterocycles. The summed E-state index contributed by atoms with van der Waals surface area (Å²) in [5, 5.41) is 23.0. The highest BCUT2D eigenvalue weighted by molar-refractivity contribution is 7.80. The van der Waals surface area contributed by atoms with Gasteiger partial charge in [-0.1, -0.05) is 54.1 Å². The first-order valence-electron chi connectivity index (χ1n) is 9.05. The van der Waals surface area contributed by atoms with Crippen molar-refractivity contribution in [3.8, 4) is 5.88 Å². The summed E-state index contributed by atoms with van der Waals surface area (Å²) < 4.78 is 15.5. The number of nitrogens with zero attached hydrogens (tertiary/aromatic N) is 3. The van der Waals surface area contributed by atoms with Gasteiger partial charge in [0.1, 0.15) is 5.82 Å². The van der Waals surface area contributed by atoms with Crippen molar-refractivity contribution in [2.24, 2.45) is 10.2 Å². The molecule has 0 fully saturated rings. The van der Waals surface area contributed by atoms with E-state index in [0.717, 1.165) is 16.5 Å².